The summed E-state index contributed by atoms with van der Waals surface area (Å²) in [4.78, 5) is 9.22. The minimum Gasteiger partial charge on any atom is -0.405 e. The highest BCUT2D eigenvalue weighted by molar-refractivity contribution is 5.70. The Labute approximate surface area is 134 Å². The zero-order valence-electron chi connectivity index (χ0n) is 16.0. The highest BCUT2D eigenvalue weighted by Gasteiger charge is 1.68. The Balaban J connectivity index is -0.0000000527. The predicted octanol–water partition coefficient (Wildman–Crippen LogP) is 5.56. The lowest BCUT2D eigenvalue weighted by atomic mass is 10.3. The minimum atomic E-state index is -0.333. The van der Waals surface area contributed by atoms with Crippen molar-refractivity contribution >= 4 is 5.91 Å². The van der Waals surface area contributed by atoms with Crippen LogP contribution in [0.15, 0.2) is 24.4 Å². The summed E-state index contributed by atoms with van der Waals surface area (Å²) in [7, 11) is 0. The van der Waals surface area contributed by atoms with Crippen molar-refractivity contribution in [2.24, 2.45) is 11.5 Å². The molecular weight excluding hydrogens is 260 g/mol. The van der Waals surface area contributed by atoms with Gasteiger partial charge in [0.25, 0.3) is 0 Å². The number of nitrogens with two attached hydrogens (primary N) is 2. The van der Waals surface area contributed by atoms with Gasteiger partial charge in [0, 0.05) is 6.92 Å². The summed E-state index contributed by atoms with van der Waals surface area (Å²) in [6.45, 7) is 19.6. The van der Waals surface area contributed by atoms with Crippen LogP contribution in [0.4, 0.5) is 0 Å². The lowest BCUT2D eigenvalue weighted by Crippen LogP contribution is -2.01. The van der Waals surface area contributed by atoms with E-state index in [0.29, 0.717) is 0 Å². The fraction of sp³-hybridized carbons (Fsp3) is 0.722. The van der Waals surface area contributed by atoms with Gasteiger partial charge in [-0.15, -0.1) is 0 Å². The molecule has 0 heterocycles. The van der Waals surface area contributed by atoms with Crippen molar-refractivity contribution in [2.45, 2.75) is 87.5 Å². The lowest BCUT2D eigenvalue weighted by Gasteiger charge is -1.79. The first-order valence-electron chi connectivity index (χ1n) is 8.13. The van der Waals surface area contributed by atoms with Crippen LogP contribution in [0.25, 0.3) is 0 Å². The maximum atomic E-state index is 9.22. The van der Waals surface area contributed by atoms with Crippen molar-refractivity contribution in [1.82, 2.24) is 0 Å². The maximum Gasteiger partial charge on any atom is 0.214 e. The van der Waals surface area contributed by atoms with Crippen molar-refractivity contribution in [3.63, 3.8) is 0 Å². The molecule has 130 valence electrons. The summed E-state index contributed by atoms with van der Waals surface area (Å²) in [5, 5.41) is 0. The number of hydrogen-bond acceptors (Lipinski definition) is 2. The molecular formula is C18H42N2O. The summed E-state index contributed by atoms with van der Waals surface area (Å²) in [5.74, 6) is -0.333. The number of unbranched alkanes of at least 4 members (excludes halogenated alkanes) is 3. The van der Waals surface area contributed by atoms with Gasteiger partial charge >= 0.3 is 0 Å². The van der Waals surface area contributed by atoms with E-state index in [1.165, 1.54) is 45.2 Å². The van der Waals surface area contributed by atoms with E-state index in [4.69, 9.17) is 5.73 Å². The van der Waals surface area contributed by atoms with Crippen LogP contribution in [0.1, 0.15) is 87.5 Å². The second-order valence-electron chi connectivity index (χ2n) is 4.17. The third kappa shape index (κ3) is 233. The quantitative estimate of drug-likeness (QED) is 0.668. The molecule has 3 nitrogen and oxygen atoms in total. The van der Waals surface area contributed by atoms with Crippen LogP contribution in [0, 0.1) is 0 Å². The molecule has 1 amide bonds. The molecule has 0 aromatic heterocycles. The molecule has 0 fully saturated rings. The van der Waals surface area contributed by atoms with E-state index >= 15 is 0 Å². The molecule has 0 rings (SSSR count). The highest BCUT2D eigenvalue weighted by Crippen LogP contribution is 1.88. The molecule has 0 unspecified atom stereocenters. The largest absolute Gasteiger partial charge is 0.405 e. The topological polar surface area (TPSA) is 69.1 Å². The van der Waals surface area contributed by atoms with E-state index in [1.54, 1.807) is 6.08 Å². The molecule has 21 heavy (non-hydrogen) atoms. The van der Waals surface area contributed by atoms with Crippen molar-refractivity contribution in [2.75, 3.05) is 0 Å². The fourth-order valence-corrected chi connectivity index (χ4v) is 0.518. The Morgan fingerprint density at radius 2 is 1.24 bits per heavy atom. The molecule has 0 aromatic carbocycles. The number of carbonyl (C=O) groups excluding carboxylic acids is 1. The van der Waals surface area contributed by atoms with Gasteiger partial charge in [0.15, 0.2) is 0 Å². The number of primary amides is 1. The van der Waals surface area contributed by atoms with E-state index in [1.807, 2.05) is 20.8 Å². The molecule has 0 saturated heterocycles. The number of amides is 1. The highest BCUT2D eigenvalue weighted by atomic mass is 16.1. The Morgan fingerprint density at radius 1 is 0.952 bits per heavy atom. The van der Waals surface area contributed by atoms with Crippen LogP contribution < -0.4 is 11.5 Å². The van der Waals surface area contributed by atoms with Gasteiger partial charge in [-0.3, -0.25) is 4.79 Å². The van der Waals surface area contributed by atoms with Crippen LogP contribution in [0.2, 0.25) is 0 Å². The van der Waals surface area contributed by atoms with Gasteiger partial charge in [-0.25, -0.2) is 0 Å². The van der Waals surface area contributed by atoms with Crippen molar-refractivity contribution in [3.8, 4) is 0 Å². The Kier molecular flexibility index (Phi) is 65.0. The fourth-order valence-electron chi connectivity index (χ4n) is 0.518. The second-order valence-corrected chi connectivity index (χ2v) is 4.17. The standard InChI is InChI=1S/C5H9N.C5H12.C4H10.C2H5NO.C2H6/c1-5(2)3-4-6;1-3-5-4-2;1-3-4-2;1-2(3)4;1-2/h3-4H,1,6H2,2H3;3-5H2,1-2H3;3-4H2,1-2H3;1H3,(H2,3,4);1-2H3/b4-3-;;;;. The van der Waals surface area contributed by atoms with E-state index in [0.717, 1.165) is 5.57 Å². The third-order valence-electron chi connectivity index (χ3n) is 1.59. The van der Waals surface area contributed by atoms with Gasteiger partial charge in [0.2, 0.25) is 5.91 Å². The van der Waals surface area contributed by atoms with E-state index in [2.05, 4.69) is 40.0 Å². The maximum absolute atomic E-state index is 9.22. The normalized spacial score (nSPS) is 7.62. The summed E-state index contributed by atoms with van der Waals surface area (Å²) in [6, 6.07) is 0. The molecule has 0 aliphatic carbocycles. The van der Waals surface area contributed by atoms with Crippen molar-refractivity contribution in [1.29, 1.82) is 0 Å². The first kappa shape index (κ1) is 31.9. The average molecular weight is 303 g/mol. The summed E-state index contributed by atoms with van der Waals surface area (Å²) in [6.07, 6.45) is 9.94. The lowest BCUT2D eigenvalue weighted by molar-refractivity contribution is -0.115. The van der Waals surface area contributed by atoms with Crippen molar-refractivity contribution < 1.29 is 4.79 Å². The molecule has 0 aromatic rings. The minimum absolute atomic E-state index is 0.333. The zero-order chi connectivity index (χ0) is 18.1. The van der Waals surface area contributed by atoms with Gasteiger partial charge in [0.05, 0.1) is 0 Å². The second kappa shape index (κ2) is 42.8. The summed E-state index contributed by atoms with van der Waals surface area (Å²) in [5.41, 5.74) is 10.4. The molecule has 4 N–H and O–H groups in total. The Morgan fingerprint density at radius 3 is 1.24 bits per heavy atom. The number of carbonyl (C=O) groups is 1. The molecule has 0 aliphatic heterocycles. The smallest absolute Gasteiger partial charge is 0.214 e. The van der Waals surface area contributed by atoms with Crippen LogP contribution in [-0.2, 0) is 4.79 Å². The van der Waals surface area contributed by atoms with Gasteiger partial charge in [-0.2, -0.15) is 0 Å². The van der Waals surface area contributed by atoms with Gasteiger partial charge in [0.1, 0.15) is 0 Å². The SMILES string of the molecule is C=C(C)/C=C\N.CC.CC(N)=O.CCCC.CCCCC. The van der Waals surface area contributed by atoms with E-state index < -0.39 is 0 Å². The number of rotatable bonds is 4. The number of hydrogen-bond donors (Lipinski definition) is 2. The van der Waals surface area contributed by atoms with Gasteiger partial charge in [-0.1, -0.05) is 85.8 Å². The van der Waals surface area contributed by atoms with Crippen LogP contribution in [-0.4, -0.2) is 5.91 Å². The summed E-state index contributed by atoms with van der Waals surface area (Å²) < 4.78 is 0. The molecule has 0 aliphatic rings. The van der Waals surface area contributed by atoms with E-state index in [9.17, 15) is 4.79 Å². The molecule has 0 radical (unpaired) electrons. The number of allylic oxidation sites excluding steroid dienone is 2. The van der Waals surface area contributed by atoms with Gasteiger partial charge < -0.3 is 11.5 Å². The Hall–Kier alpha value is -1.25. The molecule has 0 saturated carbocycles. The third-order valence-corrected chi connectivity index (χ3v) is 1.59. The molecule has 0 spiro atoms. The first-order valence-corrected chi connectivity index (χ1v) is 8.13. The van der Waals surface area contributed by atoms with Crippen LogP contribution in [0.5, 0.6) is 0 Å². The van der Waals surface area contributed by atoms with E-state index in [-0.39, 0.29) is 5.91 Å². The van der Waals surface area contributed by atoms with Crippen LogP contribution in [0.3, 0.4) is 0 Å². The summed E-state index contributed by atoms with van der Waals surface area (Å²) >= 11 is 0. The monoisotopic (exact) mass is 302 g/mol. The van der Waals surface area contributed by atoms with Crippen molar-refractivity contribution in [3.05, 3.63) is 24.4 Å². The molecule has 3 heteroatoms. The zero-order valence-corrected chi connectivity index (χ0v) is 16.0. The van der Waals surface area contributed by atoms with Crippen LogP contribution >= 0.6 is 0 Å². The molecule has 0 atom stereocenters. The van der Waals surface area contributed by atoms with Gasteiger partial charge in [-0.05, 0) is 19.2 Å². The predicted molar refractivity (Wildman–Crippen MR) is 100 cm³/mol. The first-order chi connectivity index (χ1) is 9.83. The molecule has 0 bridgehead atoms. The average Bonchev–Trinajstić information content (AvgIpc) is 2.42. The Bertz CT molecular complexity index is 191.